The maximum atomic E-state index is 13.3. The first-order valence-corrected chi connectivity index (χ1v) is 9.11. The van der Waals surface area contributed by atoms with Crippen molar-refractivity contribution in [1.82, 2.24) is 10.6 Å². The van der Waals surface area contributed by atoms with Crippen molar-refractivity contribution in [2.24, 2.45) is 0 Å². The van der Waals surface area contributed by atoms with Gasteiger partial charge in [0.15, 0.2) is 0 Å². The fraction of sp³-hybridized carbons (Fsp3) is 0.118. The summed E-state index contributed by atoms with van der Waals surface area (Å²) >= 11 is 3.14. The number of anilines is 1. The zero-order valence-corrected chi connectivity index (χ0v) is 16.3. The molecular weight excluding hydrogens is 466 g/mol. The van der Waals surface area contributed by atoms with Gasteiger partial charge >= 0.3 is 6.03 Å². The lowest BCUT2D eigenvalue weighted by Crippen LogP contribution is -2.52. The summed E-state index contributed by atoms with van der Waals surface area (Å²) in [5.41, 5.74) is -2.50. The van der Waals surface area contributed by atoms with Crippen molar-refractivity contribution in [1.29, 1.82) is 0 Å². The zero-order valence-electron chi connectivity index (χ0n) is 14.7. The molecule has 2 aromatic carbocycles. The van der Waals surface area contributed by atoms with Crippen LogP contribution in [-0.4, -0.2) is 27.7 Å². The van der Waals surface area contributed by atoms with Gasteiger partial charge in [0.2, 0.25) is 5.54 Å². The molecule has 4 rings (SSSR count). The molecule has 2 aliphatic rings. The summed E-state index contributed by atoms with van der Waals surface area (Å²) in [7, 11) is 0. The van der Waals surface area contributed by atoms with Crippen LogP contribution in [0.1, 0.15) is 11.1 Å². The normalized spacial score (nSPS) is 19.6. The Morgan fingerprint density at radius 2 is 1.70 bits per heavy atom. The SMILES string of the molecule is O=C1NC(=O)C2(N1)C(=O)N(Cc1ccc([N+](=O)[O-])cc1)c1c([N+](=O)[O-])cc(Br)cc12. The number of nitro groups is 2. The Bertz CT molecular complexity index is 1170. The number of hydrogen-bond donors (Lipinski definition) is 2. The van der Waals surface area contributed by atoms with Crippen molar-refractivity contribution in [3.63, 3.8) is 0 Å². The molecule has 0 radical (unpaired) electrons. The van der Waals surface area contributed by atoms with Crippen LogP contribution in [0.25, 0.3) is 0 Å². The number of rotatable bonds is 4. The number of hydrogen-bond acceptors (Lipinski definition) is 7. The van der Waals surface area contributed by atoms with E-state index in [0.717, 1.165) is 4.90 Å². The van der Waals surface area contributed by atoms with Gasteiger partial charge in [-0.2, -0.15) is 0 Å². The summed E-state index contributed by atoms with van der Waals surface area (Å²) in [4.78, 5) is 60.0. The first kappa shape index (κ1) is 19.4. The number of urea groups is 1. The minimum absolute atomic E-state index is 0.0427. The van der Waals surface area contributed by atoms with E-state index in [9.17, 15) is 34.6 Å². The first-order chi connectivity index (χ1) is 14.1. The second kappa shape index (κ2) is 6.59. The van der Waals surface area contributed by atoms with Crippen LogP contribution in [-0.2, 0) is 21.7 Å². The molecule has 152 valence electrons. The maximum Gasteiger partial charge on any atom is 0.323 e. The molecule has 1 fully saturated rings. The van der Waals surface area contributed by atoms with Crippen LogP contribution < -0.4 is 15.5 Å². The van der Waals surface area contributed by atoms with E-state index in [4.69, 9.17) is 0 Å². The van der Waals surface area contributed by atoms with E-state index in [1.54, 1.807) is 0 Å². The fourth-order valence-corrected chi connectivity index (χ4v) is 4.01. The number of non-ortho nitro benzene ring substituents is 1. The Kier molecular flexibility index (Phi) is 4.27. The van der Waals surface area contributed by atoms with Crippen LogP contribution in [0.2, 0.25) is 0 Å². The first-order valence-electron chi connectivity index (χ1n) is 8.32. The average Bonchev–Trinajstić information content (AvgIpc) is 3.10. The summed E-state index contributed by atoms with van der Waals surface area (Å²) in [6.07, 6.45) is 0. The Hall–Kier alpha value is -3.87. The summed E-state index contributed by atoms with van der Waals surface area (Å²) in [5.74, 6) is -1.82. The number of carbonyl (C=O) groups excluding carboxylic acids is 3. The monoisotopic (exact) mass is 475 g/mol. The molecule has 1 atom stereocenters. The highest BCUT2D eigenvalue weighted by atomic mass is 79.9. The van der Waals surface area contributed by atoms with E-state index in [1.807, 2.05) is 5.32 Å². The van der Waals surface area contributed by atoms with E-state index >= 15 is 0 Å². The number of nitrogens with one attached hydrogen (secondary N) is 2. The molecule has 12 nitrogen and oxygen atoms in total. The fourth-order valence-electron chi connectivity index (χ4n) is 3.56. The third kappa shape index (κ3) is 2.70. The molecule has 2 aliphatic heterocycles. The van der Waals surface area contributed by atoms with Crippen LogP contribution in [0.5, 0.6) is 0 Å². The van der Waals surface area contributed by atoms with E-state index in [0.29, 0.717) is 5.56 Å². The number of nitrogens with zero attached hydrogens (tertiary/aromatic N) is 3. The lowest BCUT2D eigenvalue weighted by atomic mass is 9.91. The van der Waals surface area contributed by atoms with Gasteiger partial charge in [-0.3, -0.25) is 40.0 Å². The lowest BCUT2D eigenvalue weighted by molar-refractivity contribution is -0.384. The van der Waals surface area contributed by atoms with Crippen molar-refractivity contribution >= 4 is 50.8 Å². The van der Waals surface area contributed by atoms with Gasteiger partial charge in [0, 0.05) is 28.2 Å². The third-order valence-electron chi connectivity index (χ3n) is 4.85. The number of halogens is 1. The second-order valence-electron chi connectivity index (χ2n) is 6.55. The standard InChI is InChI=1S/C17H10BrN5O7/c18-9-5-11-13(12(6-9)23(29)30)21(7-8-1-3-10(4-2-8)22(27)28)15(25)17(11)14(24)19-16(26)20-17/h1-6H,7H2,(H2,19,20,24,26). The maximum absolute atomic E-state index is 13.3. The molecule has 4 amide bonds. The predicted octanol–water partition coefficient (Wildman–Crippen LogP) is 1.85. The van der Waals surface area contributed by atoms with Crippen molar-refractivity contribution in [3.8, 4) is 0 Å². The summed E-state index contributed by atoms with van der Waals surface area (Å²) < 4.78 is 0.242. The van der Waals surface area contributed by atoms with Crippen LogP contribution in [0.3, 0.4) is 0 Å². The molecule has 1 spiro atoms. The Balaban J connectivity index is 1.88. The second-order valence-corrected chi connectivity index (χ2v) is 7.47. The lowest BCUT2D eigenvalue weighted by Gasteiger charge is -2.21. The summed E-state index contributed by atoms with van der Waals surface area (Å²) in [6.45, 7) is -0.211. The Morgan fingerprint density at radius 3 is 2.23 bits per heavy atom. The van der Waals surface area contributed by atoms with Gasteiger partial charge in [-0.15, -0.1) is 0 Å². The number of carbonyl (C=O) groups is 3. The number of imide groups is 1. The molecule has 2 heterocycles. The van der Waals surface area contributed by atoms with Gasteiger partial charge in [-0.05, 0) is 11.6 Å². The minimum atomic E-state index is -2.14. The molecule has 30 heavy (non-hydrogen) atoms. The molecule has 2 N–H and O–H groups in total. The smallest absolute Gasteiger partial charge is 0.312 e. The molecule has 2 aromatic rings. The summed E-state index contributed by atoms with van der Waals surface area (Å²) in [6, 6.07) is 6.89. The minimum Gasteiger partial charge on any atom is -0.312 e. The molecule has 0 bridgehead atoms. The average molecular weight is 476 g/mol. The van der Waals surface area contributed by atoms with Crippen molar-refractivity contribution in [2.45, 2.75) is 12.1 Å². The third-order valence-corrected chi connectivity index (χ3v) is 5.31. The van der Waals surface area contributed by atoms with Crippen LogP contribution in [0, 0.1) is 20.2 Å². The van der Waals surface area contributed by atoms with Gasteiger partial charge in [0.1, 0.15) is 5.69 Å². The molecular formula is C17H10BrN5O7. The molecule has 13 heteroatoms. The van der Waals surface area contributed by atoms with Crippen molar-refractivity contribution in [3.05, 3.63) is 72.2 Å². The largest absolute Gasteiger partial charge is 0.323 e. The number of nitro benzene ring substituents is 2. The topological polar surface area (TPSA) is 165 Å². The Morgan fingerprint density at radius 1 is 1.03 bits per heavy atom. The Labute approximate surface area is 175 Å². The van der Waals surface area contributed by atoms with Gasteiger partial charge in [-0.1, -0.05) is 28.1 Å². The molecule has 0 saturated carbocycles. The van der Waals surface area contributed by atoms with Gasteiger partial charge in [0.25, 0.3) is 23.2 Å². The van der Waals surface area contributed by atoms with Crippen LogP contribution >= 0.6 is 15.9 Å². The molecule has 1 saturated heterocycles. The number of fused-ring (bicyclic) bond motifs is 2. The van der Waals surface area contributed by atoms with Gasteiger partial charge < -0.3 is 5.32 Å². The highest BCUT2D eigenvalue weighted by molar-refractivity contribution is 9.10. The quantitative estimate of drug-likeness (QED) is 0.294. The zero-order chi connectivity index (χ0) is 21.8. The molecule has 0 aliphatic carbocycles. The van der Waals surface area contributed by atoms with E-state index in [1.165, 1.54) is 36.4 Å². The van der Waals surface area contributed by atoms with Crippen LogP contribution in [0.4, 0.5) is 21.9 Å². The van der Waals surface area contributed by atoms with Crippen molar-refractivity contribution < 1.29 is 24.2 Å². The number of benzene rings is 2. The van der Waals surface area contributed by atoms with Gasteiger partial charge in [0.05, 0.1) is 16.4 Å². The molecule has 1 unspecified atom stereocenters. The van der Waals surface area contributed by atoms with Crippen LogP contribution in [0.15, 0.2) is 40.9 Å². The predicted molar refractivity (Wildman–Crippen MR) is 103 cm³/mol. The summed E-state index contributed by atoms with van der Waals surface area (Å²) in [5, 5.41) is 26.8. The van der Waals surface area contributed by atoms with E-state index in [-0.39, 0.29) is 28.0 Å². The number of amides is 4. The highest BCUT2D eigenvalue weighted by Crippen LogP contribution is 2.48. The van der Waals surface area contributed by atoms with E-state index in [2.05, 4.69) is 21.2 Å². The van der Waals surface area contributed by atoms with E-state index < -0.39 is 38.9 Å². The molecule has 0 aromatic heterocycles. The van der Waals surface area contributed by atoms with Gasteiger partial charge in [-0.25, -0.2) is 4.79 Å². The highest BCUT2D eigenvalue weighted by Gasteiger charge is 2.63. The van der Waals surface area contributed by atoms with Crippen molar-refractivity contribution in [2.75, 3.05) is 4.90 Å².